The molecule has 1 saturated heterocycles. The molecule has 1 fully saturated rings. The molecule has 2 aromatic rings. The maximum Gasteiger partial charge on any atom is 0.246 e. The molecule has 0 saturated carbocycles. The van der Waals surface area contributed by atoms with Crippen molar-refractivity contribution in [1.82, 2.24) is 9.21 Å². The van der Waals surface area contributed by atoms with Gasteiger partial charge in [0.25, 0.3) is 0 Å². The van der Waals surface area contributed by atoms with Crippen molar-refractivity contribution in [2.45, 2.75) is 11.8 Å². The Bertz CT molecular complexity index is 912. The Labute approximate surface area is 162 Å². The summed E-state index contributed by atoms with van der Waals surface area (Å²) in [5.41, 5.74) is 0. The molecular formula is C18H19ClN2O3S2. The normalized spacial score (nSPS) is 16.3. The van der Waals surface area contributed by atoms with Gasteiger partial charge < -0.3 is 4.90 Å². The molecule has 0 spiro atoms. The van der Waals surface area contributed by atoms with Gasteiger partial charge in [0.05, 0.1) is 4.90 Å². The van der Waals surface area contributed by atoms with Crippen LogP contribution in [0, 0.1) is 6.92 Å². The predicted molar refractivity (Wildman–Crippen MR) is 105 cm³/mol. The molecule has 0 radical (unpaired) electrons. The Morgan fingerprint density at radius 3 is 2.31 bits per heavy atom. The number of carbonyl (C=O) groups is 1. The topological polar surface area (TPSA) is 57.7 Å². The van der Waals surface area contributed by atoms with Gasteiger partial charge in [-0.15, -0.1) is 11.3 Å². The highest BCUT2D eigenvalue weighted by atomic mass is 35.5. The van der Waals surface area contributed by atoms with E-state index < -0.39 is 10.0 Å². The Hall–Kier alpha value is -1.67. The summed E-state index contributed by atoms with van der Waals surface area (Å²) in [5, 5.41) is 0.493. The number of sulfonamides is 1. The molecule has 138 valence electrons. The molecule has 2 heterocycles. The molecular weight excluding hydrogens is 392 g/mol. The van der Waals surface area contributed by atoms with Crippen LogP contribution >= 0.6 is 22.9 Å². The van der Waals surface area contributed by atoms with Gasteiger partial charge in [-0.25, -0.2) is 8.42 Å². The van der Waals surface area contributed by atoms with Crippen LogP contribution in [0.1, 0.15) is 9.75 Å². The molecule has 0 unspecified atom stereocenters. The van der Waals surface area contributed by atoms with Crippen molar-refractivity contribution < 1.29 is 13.2 Å². The van der Waals surface area contributed by atoms with Crippen LogP contribution in [0.3, 0.4) is 0 Å². The fourth-order valence-electron chi connectivity index (χ4n) is 2.71. The third-order valence-corrected chi connectivity index (χ3v) is 7.28. The third kappa shape index (κ3) is 4.35. The molecule has 1 aliphatic rings. The summed E-state index contributed by atoms with van der Waals surface area (Å²) in [6, 6.07) is 10.1. The van der Waals surface area contributed by atoms with E-state index in [1.807, 2.05) is 19.1 Å². The standard InChI is InChI=1S/C18H19ClN2O3S2/c1-14-2-5-16(25-14)6-9-18(22)20-10-12-21(13-11-20)26(23,24)17-7-3-15(19)4-8-17/h2-9H,10-13H2,1H3/b9-6+. The van der Waals surface area contributed by atoms with Gasteiger partial charge in [0, 0.05) is 47.0 Å². The summed E-state index contributed by atoms with van der Waals surface area (Å²) in [4.78, 5) is 16.4. The van der Waals surface area contributed by atoms with Crippen molar-refractivity contribution in [3.05, 3.63) is 57.3 Å². The Morgan fingerprint density at radius 2 is 1.73 bits per heavy atom. The number of benzene rings is 1. The lowest BCUT2D eigenvalue weighted by atomic mass is 10.3. The number of hydrogen-bond acceptors (Lipinski definition) is 4. The van der Waals surface area contributed by atoms with Crippen LogP contribution < -0.4 is 0 Å². The number of carbonyl (C=O) groups excluding carboxylic acids is 1. The fourth-order valence-corrected chi connectivity index (χ4v) is 5.03. The van der Waals surface area contributed by atoms with Crippen LogP contribution in [0.2, 0.25) is 5.02 Å². The van der Waals surface area contributed by atoms with Gasteiger partial charge in [-0.05, 0) is 49.4 Å². The lowest BCUT2D eigenvalue weighted by molar-refractivity contribution is -0.127. The first-order valence-corrected chi connectivity index (χ1v) is 10.8. The van der Waals surface area contributed by atoms with Gasteiger partial charge in [0.15, 0.2) is 0 Å². The summed E-state index contributed by atoms with van der Waals surface area (Å²) in [6.07, 6.45) is 3.35. The molecule has 0 bridgehead atoms. The molecule has 1 aromatic heterocycles. The van der Waals surface area contributed by atoms with E-state index in [-0.39, 0.29) is 23.9 Å². The van der Waals surface area contributed by atoms with Gasteiger partial charge in [0.2, 0.25) is 15.9 Å². The smallest absolute Gasteiger partial charge is 0.246 e. The minimum atomic E-state index is -3.56. The van der Waals surface area contributed by atoms with E-state index >= 15 is 0 Å². The Balaban J connectivity index is 1.60. The van der Waals surface area contributed by atoms with Crippen LogP contribution in [0.25, 0.3) is 6.08 Å². The zero-order chi connectivity index (χ0) is 18.7. The van der Waals surface area contributed by atoms with E-state index in [0.29, 0.717) is 18.1 Å². The summed E-state index contributed by atoms with van der Waals surface area (Å²) < 4.78 is 26.7. The Kier molecular flexibility index (Phi) is 5.82. The predicted octanol–water partition coefficient (Wildman–Crippen LogP) is 3.26. The van der Waals surface area contributed by atoms with E-state index in [4.69, 9.17) is 11.6 Å². The second-order valence-corrected chi connectivity index (χ2v) is 9.66. The molecule has 1 aliphatic heterocycles. The number of piperazine rings is 1. The number of nitrogens with zero attached hydrogens (tertiary/aromatic N) is 2. The van der Waals surface area contributed by atoms with Crippen LogP contribution in [-0.4, -0.2) is 49.7 Å². The van der Waals surface area contributed by atoms with Gasteiger partial charge >= 0.3 is 0 Å². The molecule has 0 aliphatic carbocycles. The second-order valence-electron chi connectivity index (χ2n) is 5.97. The monoisotopic (exact) mass is 410 g/mol. The lowest BCUT2D eigenvalue weighted by Gasteiger charge is -2.33. The molecule has 0 atom stereocenters. The second kappa shape index (κ2) is 7.92. The van der Waals surface area contributed by atoms with Gasteiger partial charge in [-0.1, -0.05) is 11.6 Å². The molecule has 8 heteroatoms. The van der Waals surface area contributed by atoms with Crippen LogP contribution in [0.5, 0.6) is 0 Å². The summed E-state index contributed by atoms with van der Waals surface area (Å²) in [6.45, 7) is 3.33. The van der Waals surface area contributed by atoms with Crippen molar-refractivity contribution in [1.29, 1.82) is 0 Å². The number of hydrogen-bond donors (Lipinski definition) is 0. The highest BCUT2D eigenvalue weighted by molar-refractivity contribution is 7.89. The van der Waals surface area contributed by atoms with Crippen LogP contribution in [0.15, 0.2) is 47.4 Å². The summed E-state index contributed by atoms with van der Waals surface area (Å²) in [7, 11) is -3.56. The zero-order valence-electron chi connectivity index (χ0n) is 14.3. The maximum absolute atomic E-state index is 12.7. The number of amides is 1. The first-order valence-electron chi connectivity index (χ1n) is 8.15. The van der Waals surface area contributed by atoms with Crippen molar-refractivity contribution in [2.24, 2.45) is 0 Å². The molecule has 26 heavy (non-hydrogen) atoms. The van der Waals surface area contributed by atoms with Crippen LogP contribution in [-0.2, 0) is 14.8 Å². The molecule has 3 rings (SSSR count). The number of aryl methyl sites for hydroxylation is 1. The van der Waals surface area contributed by atoms with E-state index in [1.54, 1.807) is 40.5 Å². The van der Waals surface area contributed by atoms with Crippen LogP contribution in [0.4, 0.5) is 0 Å². The average molecular weight is 411 g/mol. The van der Waals surface area contributed by atoms with E-state index in [1.165, 1.54) is 21.3 Å². The summed E-state index contributed by atoms with van der Waals surface area (Å²) in [5.74, 6) is -0.0976. The Morgan fingerprint density at radius 1 is 1.08 bits per heavy atom. The molecule has 1 aromatic carbocycles. The molecule has 1 amide bonds. The van der Waals surface area contributed by atoms with Crippen molar-refractivity contribution in [2.75, 3.05) is 26.2 Å². The molecule has 0 N–H and O–H groups in total. The average Bonchev–Trinajstić information content (AvgIpc) is 3.05. The molecule has 5 nitrogen and oxygen atoms in total. The van der Waals surface area contributed by atoms with Crippen molar-refractivity contribution in [3.63, 3.8) is 0 Å². The maximum atomic E-state index is 12.7. The highest BCUT2D eigenvalue weighted by Gasteiger charge is 2.29. The number of rotatable bonds is 4. The zero-order valence-corrected chi connectivity index (χ0v) is 16.6. The van der Waals surface area contributed by atoms with Crippen molar-refractivity contribution in [3.8, 4) is 0 Å². The fraction of sp³-hybridized carbons (Fsp3) is 0.278. The lowest BCUT2D eigenvalue weighted by Crippen LogP contribution is -2.50. The first-order chi connectivity index (χ1) is 12.4. The van der Waals surface area contributed by atoms with Gasteiger partial charge in [-0.2, -0.15) is 4.31 Å². The van der Waals surface area contributed by atoms with E-state index in [9.17, 15) is 13.2 Å². The first kappa shape index (κ1) is 19.1. The largest absolute Gasteiger partial charge is 0.337 e. The number of halogens is 1. The third-order valence-electron chi connectivity index (χ3n) is 4.15. The van der Waals surface area contributed by atoms with Gasteiger partial charge in [0.1, 0.15) is 0 Å². The van der Waals surface area contributed by atoms with Gasteiger partial charge in [-0.3, -0.25) is 4.79 Å². The minimum absolute atomic E-state index is 0.0976. The highest BCUT2D eigenvalue weighted by Crippen LogP contribution is 2.20. The summed E-state index contributed by atoms with van der Waals surface area (Å²) >= 11 is 7.44. The quantitative estimate of drug-likeness (QED) is 0.727. The van der Waals surface area contributed by atoms with Crippen molar-refractivity contribution >= 4 is 44.9 Å². The SMILES string of the molecule is Cc1ccc(/C=C/C(=O)N2CCN(S(=O)(=O)c3ccc(Cl)cc3)CC2)s1. The number of thiophene rings is 1. The van der Waals surface area contributed by atoms with E-state index in [2.05, 4.69) is 0 Å². The van der Waals surface area contributed by atoms with E-state index in [0.717, 1.165) is 4.88 Å². The minimum Gasteiger partial charge on any atom is -0.337 e.